The molecule has 0 spiro atoms. The first-order valence-corrected chi connectivity index (χ1v) is 2.90. The number of hydrogen-bond acceptors (Lipinski definition) is 1. The fourth-order valence-electron chi connectivity index (χ4n) is 0.424. The van der Waals surface area contributed by atoms with Gasteiger partial charge in [0.2, 0.25) is 6.41 Å². The zero-order valence-electron chi connectivity index (χ0n) is 5.74. The maximum atomic E-state index is 11.7. The Kier molecular flexibility index (Phi) is 3.64. The van der Waals surface area contributed by atoms with Crippen LogP contribution in [0.5, 0.6) is 0 Å². The summed E-state index contributed by atoms with van der Waals surface area (Å²) >= 11 is 0. The molecule has 0 heterocycles. The molecule has 0 fully saturated rings. The number of alkyl halides is 3. The lowest BCUT2D eigenvalue weighted by Crippen LogP contribution is -2.18. The summed E-state index contributed by atoms with van der Waals surface area (Å²) in [6, 6.07) is 0. The zero-order chi connectivity index (χ0) is 8.91. The molecule has 0 bridgehead atoms. The lowest BCUT2D eigenvalue weighted by Gasteiger charge is -2.08. The van der Waals surface area contributed by atoms with Crippen molar-refractivity contribution in [1.29, 1.82) is 0 Å². The van der Waals surface area contributed by atoms with E-state index in [1.165, 1.54) is 0 Å². The third-order valence-electron chi connectivity index (χ3n) is 1.06. The minimum atomic E-state index is -4.34. The molecule has 1 amide bonds. The number of hydrogen-bond donors (Lipinski definition) is 1. The van der Waals surface area contributed by atoms with Crippen molar-refractivity contribution in [1.82, 2.24) is 5.32 Å². The van der Waals surface area contributed by atoms with Gasteiger partial charge in [-0.2, -0.15) is 13.2 Å². The van der Waals surface area contributed by atoms with Gasteiger partial charge < -0.3 is 5.32 Å². The topological polar surface area (TPSA) is 29.1 Å². The van der Waals surface area contributed by atoms with Crippen LogP contribution in [0.3, 0.4) is 0 Å². The Hall–Kier alpha value is -1.00. The molecule has 0 aliphatic carbocycles. The van der Waals surface area contributed by atoms with Crippen LogP contribution < -0.4 is 5.32 Å². The number of amides is 1. The summed E-state index contributed by atoms with van der Waals surface area (Å²) in [4.78, 5) is 9.61. The molecule has 0 unspecified atom stereocenters. The van der Waals surface area contributed by atoms with E-state index in [2.05, 4.69) is 11.9 Å². The smallest absolute Gasteiger partial charge is 0.358 e. The monoisotopic (exact) mass is 167 g/mol. The van der Waals surface area contributed by atoms with Crippen molar-refractivity contribution in [3.63, 3.8) is 0 Å². The average Bonchev–Trinajstić information content (AvgIpc) is 1.86. The quantitative estimate of drug-likeness (QED) is 0.381. The number of halogens is 3. The molecule has 2 nitrogen and oxygen atoms in total. The highest BCUT2D eigenvalue weighted by Crippen LogP contribution is 2.25. The molecule has 0 rings (SSSR count). The lowest BCUT2D eigenvalue weighted by atomic mass is 10.2. The standard InChI is InChI=1S/C6H8F3NO/c1-5(6(7,8)9)2-3-10-4-11/h4H,1-3H2,(H,10,11). The fourth-order valence-corrected chi connectivity index (χ4v) is 0.424. The SMILES string of the molecule is C=C(CCNC=O)C(F)(F)F. The van der Waals surface area contributed by atoms with E-state index >= 15 is 0 Å². The van der Waals surface area contributed by atoms with E-state index in [-0.39, 0.29) is 13.0 Å². The molecule has 0 aliphatic rings. The van der Waals surface area contributed by atoms with E-state index in [4.69, 9.17) is 0 Å². The number of rotatable bonds is 4. The van der Waals surface area contributed by atoms with Crippen molar-refractivity contribution in [2.24, 2.45) is 0 Å². The molecule has 5 heteroatoms. The zero-order valence-corrected chi connectivity index (χ0v) is 5.74. The summed E-state index contributed by atoms with van der Waals surface area (Å²) < 4.78 is 35.0. The fraction of sp³-hybridized carbons (Fsp3) is 0.500. The Labute approximate surface area is 62.1 Å². The van der Waals surface area contributed by atoms with Crippen molar-refractivity contribution in [3.05, 3.63) is 12.2 Å². The van der Waals surface area contributed by atoms with Gasteiger partial charge in [-0.1, -0.05) is 6.58 Å². The molecular formula is C6H8F3NO. The second-order valence-corrected chi connectivity index (χ2v) is 1.92. The average molecular weight is 167 g/mol. The van der Waals surface area contributed by atoms with Crippen molar-refractivity contribution in [3.8, 4) is 0 Å². The van der Waals surface area contributed by atoms with Crippen LogP contribution in [0.25, 0.3) is 0 Å². The highest BCUT2D eigenvalue weighted by Gasteiger charge is 2.30. The molecule has 0 aromatic rings. The van der Waals surface area contributed by atoms with Crippen LogP contribution in [-0.4, -0.2) is 19.1 Å². The summed E-state index contributed by atoms with van der Waals surface area (Å²) in [7, 11) is 0. The summed E-state index contributed by atoms with van der Waals surface area (Å²) in [6.45, 7) is 2.79. The van der Waals surface area contributed by atoms with E-state index in [1.807, 2.05) is 0 Å². The highest BCUT2D eigenvalue weighted by atomic mass is 19.4. The first-order chi connectivity index (χ1) is 4.98. The van der Waals surface area contributed by atoms with Crippen LogP contribution in [0.15, 0.2) is 12.2 Å². The van der Waals surface area contributed by atoms with E-state index in [0.717, 1.165) is 0 Å². The van der Waals surface area contributed by atoms with Gasteiger partial charge in [-0.3, -0.25) is 4.79 Å². The van der Waals surface area contributed by atoms with Gasteiger partial charge in [0, 0.05) is 12.1 Å². The number of nitrogens with one attached hydrogen (secondary N) is 1. The highest BCUT2D eigenvalue weighted by molar-refractivity contribution is 5.45. The Morgan fingerprint density at radius 1 is 1.55 bits per heavy atom. The minimum Gasteiger partial charge on any atom is -0.358 e. The van der Waals surface area contributed by atoms with Crippen molar-refractivity contribution in [2.75, 3.05) is 6.54 Å². The lowest BCUT2D eigenvalue weighted by molar-refractivity contribution is -0.110. The number of carbonyl (C=O) groups is 1. The van der Waals surface area contributed by atoms with Crippen molar-refractivity contribution >= 4 is 6.41 Å². The van der Waals surface area contributed by atoms with Crippen LogP contribution in [0.2, 0.25) is 0 Å². The molecule has 64 valence electrons. The van der Waals surface area contributed by atoms with Crippen LogP contribution in [0.1, 0.15) is 6.42 Å². The molecule has 0 aromatic carbocycles. The van der Waals surface area contributed by atoms with Gasteiger partial charge in [0.25, 0.3) is 0 Å². The first-order valence-electron chi connectivity index (χ1n) is 2.90. The summed E-state index contributed by atoms with van der Waals surface area (Å²) in [6.07, 6.45) is -4.25. The van der Waals surface area contributed by atoms with Gasteiger partial charge >= 0.3 is 6.18 Å². The van der Waals surface area contributed by atoms with Crippen LogP contribution in [0, 0.1) is 0 Å². The van der Waals surface area contributed by atoms with Gasteiger partial charge in [0.1, 0.15) is 0 Å². The predicted octanol–water partition coefficient (Wildman–Crippen LogP) is 1.24. The van der Waals surface area contributed by atoms with Gasteiger partial charge in [-0.05, 0) is 6.42 Å². The summed E-state index contributed by atoms with van der Waals surface area (Å²) in [5, 5.41) is 2.11. The Morgan fingerprint density at radius 2 is 2.09 bits per heavy atom. The Balaban J connectivity index is 3.62. The van der Waals surface area contributed by atoms with Crippen molar-refractivity contribution < 1.29 is 18.0 Å². The maximum Gasteiger partial charge on any atom is 0.412 e. The molecule has 0 atom stereocenters. The Bertz CT molecular complexity index is 152. The molecule has 11 heavy (non-hydrogen) atoms. The summed E-state index contributed by atoms with van der Waals surface area (Å²) in [5.41, 5.74) is -0.827. The molecular weight excluding hydrogens is 159 g/mol. The largest absolute Gasteiger partial charge is 0.412 e. The normalized spacial score (nSPS) is 10.8. The van der Waals surface area contributed by atoms with Gasteiger partial charge in [-0.25, -0.2) is 0 Å². The predicted molar refractivity (Wildman–Crippen MR) is 33.9 cm³/mol. The molecule has 1 N–H and O–H groups in total. The second kappa shape index (κ2) is 4.00. The molecule has 0 aromatic heterocycles. The molecule has 0 radical (unpaired) electrons. The van der Waals surface area contributed by atoms with Gasteiger partial charge in [0.15, 0.2) is 0 Å². The molecule has 0 saturated heterocycles. The van der Waals surface area contributed by atoms with E-state index in [0.29, 0.717) is 6.41 Å². The number of carbonyl (C=O) groups excluding carboxylic acids is 1. The van der Waals surface area contributed by atoms with E-state index in [1.54, 1.807) is 0 Å². The van der Waals surface area contributed by atoms with E-state index < -0.39 is 11.7 Å². The van der Waals surface area contributed by atoms with Crippen molar-refractivity contribution in [2.45, 2.75) is 12.6 Å². The Morgan fingerprint density at radius 3 is 2.45 bits per heavy atom. The molecule has 0 saturated carbocycles. The first kappa shape index (κ1) is 10.0. The maximum absolute atomic E-state index is 11.7. The minimum absolute atomic E-state index is 0.0259. The second-order valence-electron chi connectivity index (χ2n) is 1.92. The van der Waals surface area contributed by atoms with Crippen LogP contribution in [0.4, 0.5) is 13.2 Å². The third-order valence-corrected chi connectivity index (χ3v) is 1.06. The summed E-state index contributed by atoms with van der Waals surface area (Å²) in [5.74, 6) is 0. The molecule has 0 aliphatic heterocycles. The van der Waals surface area contributed by atoms with Crippen LogP contribution >= 0.6 is 0 Å². The van der Waals surface area contributed by atoms with Gasteiger partial charge in [-0.15, -0.1) is 0 Å². The third kappa shape index (κ3) is 4.41. The van der Waals surface area contributed by atoms with E-state index in [9.17, 15) is 18.0 Å². The van der Waals surface area contributed by atoms with Gasteiger partial charge in [0.05, 0.1) is 0 Å². The van der Waals surface area contributed by atoms with Crippen LogP contribution in [-0.2, 0) is 4.79 Å².